The van der Waals surface area contributed by atoms with Crippen molar-refractivity contribution in [2.75, 3.05) is 7.11 Å². The van der Waals surface area contributed by atoms with Crippen LogP contribution in [0.1, 0.15) is 91.4 Å². The first kappa shape index (κ1) is 23.7. The maximum atomic E-state index is 11.8. The van der Waals surface area contributed by atoms with Crippen LogP contribution in [-0.4, -0.2) is 18.9 Å². The zero-order valence-electron chi connectivity index (χ0n) is 22.2. The molecular formula is C31H44O4. The minimum Gasteiger partial charge on any atom is -0.469 e. The normalized spacial score (nSPS) is 41.5. The van der Waals surface area contributed by atoms with Gasteiger partial charge in [0.05, 0.1) is 7.11 Å². The van der Waals surface area contributed by atoms with Gasteiger partial charge < -0.3 is 14.2 Å². The van der Waals surface area contributed by atoms with Gasteiger partial charge in [-0.15, -0.1) is 0 Å². The molecule has 0 bridgehead atoms. The Labute approximate surface area is 211 Å². The van der Waals surface area contributed by atoms with Crippen LogP contribution in [0.15, 0.2) is 24.3 Å². The van der Waals surface area contributed by atoms with Crippen LogP contribution in [0.4, 0.5) is 0 Å². The summed E-state index contributed by atoms with van der Waals surface area (Å²) in [6.07, 6.45) is 13.0. The fraction of sp³-hybridized carbons (Fsp3) is 0.774. The van der Waals surface area contributed by atoms with E-state index in [1.807, 2.05) is 12.1 Å². The number of para-hydroxylation sites is 2. The van der Waals surface area contributed by atoms with Crippen molar-refractivity contribution in [3.05, 3.63) is 24.3 Å². The maximum absolute atomic E-state index is 11.8. The molecule has 4 fully saturated rings. The van der Waals surface area contributed by atoms with Crippen LogP contribution in [0, 0.1) is 46.3 Å². The second-order valence-electron chi connectivity index (χ2n) is 13.2. The van der Waals surface area contributed by atoms with Crippen LogP contribution in [0.2, 0.25) is 0 Å². The number of hydrogen-bond donors (Lipinski definition) is 0. The molecule has 5 aliphatic rings. The number of fused-ring (bicyclic) bond motifs is 6. The van der Waals surface area contributed by atoms with Crippen LogP contribution in [0.5, 0.6) is 11.5 Å². The van der Waals surface area contributed by atoms with Gasteiger partial charge >= 0.3 is 5.97 Å². The highest BCUT2D eigenvalue weighted by atomic mass is 16.7. The minimum absolute atomic E-state index is 0.0557. The fourth-order valence-electron chi connectivity index (χ4n) is 10.0. The van der Waals surface area contributed by atoms with Crippen molar-refractivity contribution in [1.82, 2.24) is 0 Å². The predicted molar refractivity (Wildman–Crippen MR) is 136 cm³/mol. The summed E-state index contributed by atoms with van der Waals surface area (Å²) in [6, 6.07) is 8.20. The quantitative estimate of drug-likeness (QED) is 0.421. The molecule has 0 unspecified atom stereocenters. The number of carbonyl (C=O) groups excluding carboxylic acids is 1. The van der Waals surface area contributed by atoms with Crippen LogP contribution >= 0.6 is 0 Å². The summed E-state index contributed by atoms with van der Waals surface area (Å²) in [4.78, 5) is 11.8. The van der Waals surface area contributed by atoms with Crippen LogP contribution in [-0.2, 0) is 9.53 Å². The Bertz CT molecular complexity index is 947. The third-order valence-corrected chi connectivity index (χ3v) is 11.9. The molecular weight excluding hydrogens is 436 g/mol. The van der Waals surface area contributed by atoms with Crippen LogP contribution in [0.3, 0.4) is 0 Å². The molecule has 0 amide bonds. The van der Waals surface area contributed by atoms with Crippen LogP contribution < -0.4 is 9.47 Å². The standard InChI is InChI=1S/C31H44O4/c1-20(9-14-28(32)33-4)23-12-13-24-22-11-10-21-19-31(34-26-7-5-6-8-27(26)35-31)18-17-29(21,2)25(22)15-16-30(23,24)3/h5-8,20-25H,9-19H2,1-4H3/t20-,21-,22+,23-,24+,25+,29+,30-/m1/s1. The third kappa shape index (κ3) is 3.63. The van der Waals surface area contributed by atoms with Crippen molar-refractivity contribution in [1.29, 1.82) is 0 Å². The number of hydrogen-bond acceptors (Lipinski definition) is 4. The highest BCUT2D eigenvalue weighted by Gasteiger charge is 2.63. The number of ether oxygens (including phenoxy) is 3. The number of benzene rings is 1. The summed E-state index contributed by atoms with van der Waals surface area (Å²) in [5.74, 6) is 5.95. The lowest BCUT2D eigenvalue weighted by Gasteiger charge is -2.62. The van der Waals surface area contributed by atoms with Gasteiger partial charge in [-0.25, -0.2) is 0 Å². The predicted octanol–water partition coefficient (Wildman–Crippen LogP) is 7.40. The largest absolute Gasteiger partial charge is 0.469 e. The molecule has 1 aromatic carbocycles. The van der Waals surface area contributed by atoms with E-state index >= 15 is 0 Å². The van der Waals surface area contributed by atoms with Crippen molar-refractivity contribution in [3.8, 4) is 11.5 Å². The zero-order chi connectivity index (χ0) is 24.4. The molecule has 192 valence electrons. The molecule has 1 aliphatic heterocycles. The Morgan fingerprint density at radius 1 is 0.971 bits per heavy atom. The van der Waals surface area contributed by atoms with E-state index < -0.39 is 5.79 Å². The summed E-state index contributed by atoms with van der Waals surface area (Å²) in [6.45, 7) is 7.63. The first-order valence-corrected chi connectivity index (χ1v) is 14.3. The molecule has 0 radical (unpaired) electrons. The average molecular weight is 481 g/mol. The van der Waals surface area contributed by atoms with Gasteiger partial charge in [-0.2, -0.15) is 0 Å². The molecule has 35 heavy (non-hydrogen) atoms. The van der Waals surface area contributed by atoms with E-state index in [0.29, 0.717) is 29.1 Å². The van der Waals surface area contributed by atoms with Crippen molar-refractivity contribution in [2.24, 2.45) is 46.3 Å². The van der Waals surface area contributed by atoms with Gasteiger partial charge in [0.1, 0.15) is 0 Å². The Balaban J connectivity index is 1.16. The molecule has 0 aromatic heterocycles. The van der Waals surface area contributed by atoms with Gasteiger partial charge in [-0.3, -0.25) is 4.79 Å². The topological polar surface area (TPSA) is 44.8 Å². The van der Waals surface area contributed by atoms with Crippen molar-refractivity contribution in [2.45, 2.75) is 97.2 Å². The molecule has 1 heterocycles. The Hall–Kier alpha value is -1.71. The highest BCUT2D eigenvalue weighted by molar-refractivity contribution is 5.69. The number of rotatable bonds is 4. The molecule has 4 saturated carbocycles. The first-order valence-electron chi connectivity index (χ1n) is 14.3. The summed E-state index contributed by atoms with van der Waals surface area (Å²) in [5.41, 5.74) is 0.848. The number of methoxy groups -OCH3 is 1. The third-order valence-electron chi connectivity index (χ3n) is 11.9. The van der Waals surface area contributed by atoms with E-state index in [2.05, 4.69) is 32.9 Å². The second kappa shape index (κ2) is 8.42. The van der Waals surface area contributed by atoms with Crippen molar-refractivity contribution in [3.63, 3.8) is 0 Å². The highest BCUT2D eigenvalue weighted by Crippen LogP contribution is 2.69. The molecule has 0 saturated heterocycles. The van der Waals surface area contributed by atoms with Crippen LogP contribution in [0.25, 0.3) is 0 Å². The summed E-state index contributed by atoms with van der Waals surface area (Å²) >= 11 is 0. The SMILES string of the molecule is COC(=O)CC[C@@H](C)[C@H]1CC[C@H]2[C@@H]3CC[C@@H]4CC5(CC[C@]4(C)[C@H]3CC[C@]12C)Oc1ccccc1O5. The molecule has 4 nitrogen and oxygen atoms in total. The summed E-state index contributed by atoms with van der Waals surface area (Å²) in [7, 11) is 1.51. The Morgan fingerprint density at radius 3 is 2.40 bits per heavy atom. The van der Waals surface area contributed by atoms with E-state index in [1.54, 1.807) is 0 Å². The lowest BCUT2D eigenvalue weighted by Crippen LogP contribution is -2.57. The van der Waals surface area contributed by atoms with E-state index in [1.165, 1.54) is 52.1 Å². The first-order chi connectivity index (χ1) is 16.8. The van der Waals surface area contributed by atoms with E-state index in [-0.39, 0.29) is 5.97 Å². The number of esters is 1. The Kier molecular flexibility index (Phi) is 5.69. The van der Waals surface area contributed by atoms with Gasteiger partial charge in [0.15, 0.2) is 11.5 Å². The van der Waals surface area contributed by atoms with Gasteiger partial charge in [-0.1, -0.05) is 32.9 Å². The molecule has 4 aliphatic carbocycles. The van der Waals surface area contributed by atoms with E-state index in [0.717, 1.165) is 54.4 Å². The van der Waals surface area contributed by atoms with Crippen molar-refractivity contribution >= 4 is 5.97 Å². The van der Waals surface area contributed by atoms with Gasteiger partial charge in [0, 0.05) is 19.3 Å². The average Bonchev–Trinajstić information content (AvgIpc) is 3.40. The molecule has 1 spiro atoms. The lowest BCUT2D eigenvalue weighted by atomic mass is 9.44. The summed E-state index contributed by atoms with van der Waals surface area (Å²) in [5, 5.41) is 0. The van der Waals surface area contributed by atoms with Gasteiger partial charge in [0.25, 0.3) is 5.79 Å². The monoisotopic (exact) mass is 480 g/mol. The van der Waals surface area contributed by atoms with Gasteiger partial charge in [-0.05, 0) is 110 Å². The summed E-state index contributed by atoms with van der Waals surface area (Å²) < 4.78 is 17.9. The molecule has 6 rings (SSSR count). The van der Waals surface area contributed by atoms with Crippen molar-refractivity contribution < 1.29 is 19.0 Å². The molecule has 8 atom stereocenters. The number of carbonyl (C=O) groups is 1. The maximum Gasteiger partial charge on any atom is 0.305 e. The Morgan fingerprint density at radius 2 is 1.69 bits per heavy atom. The second-order valence-corrected chi connectivity index (χ2v) is 13.2. The lowest BCUT2D eigenvalue weighted by molar-refractivity contribution is -0.190. The zero-order valence-corrected chi connectivity index (χ0v) is 22.2. The molecule has 1 aromatic rings. The van der Waals surface area contributed by atoms with E-state index in [4.69, 9.17) is 14.2 Å². The van der Waals surface area contributed by atoms with E-state index in [9.17, 15) is 4.79 Å². The smallest absolute Gasteiger partial charge is 0.305 e. The minimum atomic E-state index is -0.433. The molecule has 0 N–H and O–H groups in total. The fourth-order valence-corrected chi connectivity index (χ4v) is 10.0. The molecule has 4 heteroatoms. The van der Waals surface area contributed by atoms with Gasteiger partial charge in [0.2, 0.25) is 0 Å².